The van der Waals surface area contributed by atoms with E-state index in [1.165, 1.54) is 13.1 Å². The highest BCUT2D eigenvalue weighted by Crippen LogP contribution is 2.48. The molecule has 2 rings (SSSR count). The van der Waals surface area contributed by atoms with Crippen LogP contribution >= 0.6 is 14.3 Å². The van der Waals surface area contributed by atoms with E-state index in [1.807, 2.05) is 0 Å². The van der Waals surface area contributed by atoms with Gasteiger partial charge >= 0.3 is 13.5 Å². The molecule has 15 heteroatoms. The summed E-state index contributed by atoms with van der Waals surface area (Å²) in [7, 11) is -4.84. The molecule has 2 heterocycles. The second kappa shape index (κ2) is 8.34. The van der Waals surface area contributed by atoms with Crippen LogP contribution in [-0.2, 0) is 30.2 Å². The lowest BCUT2D eigenvalue weighted by atomic mass is 10.1. The van der Waals surface area contributed by atoms with Crippen LogP contribution in [-0.4, -0.2) is 60.4 Å². The average Bonchev–Trinajstić information content (AvgIpc) is 2.84. The maximum Gasteiger partial charge on any atom is 0.469 e. The summed E-state index contributed by atoms with van der Waals surface area (Å²) in [6, 6.07) is 0. The SMILES string of the molecule is CCP(O)(=S)O[C@@H]1[C@H](O)[C@@H](COP(=O)(O)O)O[C@H]1n1cc(C)c(=O)[nH]c1=O. The van der Waals surface area contributed by atoms with Crippen molar-refractivity contribution >= 4 is 26.1 Å². The number of nitrogens with one attached hydrogen (secondary N) is 1. The summed E-state index contributed by atoms with van der Waals surface area (Å²) in [4.78, 5) is 53.5. The van der Waals surface area contributed by atoms with Crippen molar-refractivity contribution in [1.82, 2.24) is 9.55 Å². The highest BCUT2D eigenvalue weighted by molar-refractivity contribution is 8.09. The second-order valence-corrected chi connectivity index (χ2v) is 10.9. The molecule has 5 N–H and O–H groups in total. The van der Waals surface area contributed by atoms with Crippen molar-refractivity contribution in [2.24, 2.45) is 0 Å². The monoisotopic (exact) mass is 446 g/mol. The van der Waals surface area contributed by atoms with E-state index in [-0.39, 0.29) is 11.7 Å². The van der Waals surface area contributed by atoms with E-state index in [4.69, 9.17) is 30.9 Å². The predicted molar refractivity (Wildman–Crippen MR) is 95.9 cm³/mol. The van der Waals surface area contributed by atoms with E-state index in [2.05, 4.69) is 9.51 Å². The zero-order valence-corrected chi connectivity index (χ0v) is 16.9. The maximum atomic E-state index is 12.1. The van der Waals surface area contributed by atoms with Crippen LogP contribution in [0.25, 0.3) is 0 Å². The summed E-state index contributed by atoms with van der Waals surface area (Å²) < 4.78 is 27.1. The third-order valence-corrected chi connectivity index (χ3v) is 6.72. The topological polar surface area (TPSA) is 181 Å². The summed E-state index contributed by atoms with van der Waals surface area (Å²) in [5, 5.41) is 10.4. The molecule has 5 atom stereocenters. The van der Waals surface area contributed by atoms with Crippen LogP contribution in [0.1, 0.15) is 18.7 Å². The summed E-state index contributed by atoms with van der Waals surface area (Å²) in [5.74, 6) is 0. The van der Waals surface area contributed by atoms with Crippen molar-refractivity contribution in [1.29, 1.82) is 0 Å². The molecule has 0 radical (unpaired) electrons. The minimum Gasteiger partial charge on any atom is -0.387 e. The van der Waals surface area contributed by atoms with Crippen LogP contribution in [0.2, 0.25) is 0 Å². The van der Waals surface area contributed by atoms with Gasteiger partial charge in [0, 0.05) is 17.9 Å². The van der Waals surface area contributed by atoms with Gasteiger partial charge in [-0.1, -0.05) is 6.92 Å². The Hall–Kier alpha value is -0.720. The first kappa shape index (κ1) is 22.6. The van der Waals surface area contributed by atoms with Crippen molar-refractivity contribution in [2.75, 3.05) is 12.8 Å². The number of rotatable bonds is 7. The van der Waals surface area contributed by atoms with E-state index >= 15 is 0 Å². The van der Waals surface area contributed by atoms with Crippen LogP contribution in [0, 0.1) is 6.92 Å². The van der Waals surface area contributed by atoms with E-state index in [0.717, 1.165) is 4.57 Å². The fraction of sp³-hybridized carbons (Fsp3) is 0.667. The Kier molecular flexibility index (Phi) is 6.97. The van der Waals surface area contributed by atoms with Gasteiger partial charge in [-0.25, -0.2) is 9.36 Å². The highest BCUT2D eigenvalue weighted by atomic mass is 32.5. The molecule has 1 fully saturated rings. The average molecular weight is 446 g/mol. The number of aromatic amines is 1. The van der Waals surface area contributed by atoms with Crippen LogP contribution in [0.5, 0.6) is 0 Å². The number of ether oxygens (including phenoxy) is 1. The molecule has 1 aliphatic heterocycles. The molecule has 12 nitrogen and oxygen atoms in total. The smallest absolute Gasteiger partial charge is 0.387 e. The number of aliphatic hydroxyl groups excluding tert-OH is 1. The zero-order valence-electron chi connectivity index (χ0n) is 14.3. The van der Waals surface area contributed by atoms with Crippen molar-refractivity contribution < 1.29 is 38.1 Å². The van der Waals surface area contributed by atoms with E-state index < -0.39 is 56.7 Å². The molecule has 154 valence electrons. The Morgan fingerprint density at radius 2 is 2.00 bits per heavy atom. The molecule has 27 heavy (non-hydrogen) atoms. The molecule has 0 aliphatic carbocycles. The number of aliphatic hydroxyl groups is 1. The molecule has 1 aromatic rings. The third kappa shape index (κ3) is 5.64. The first-order valence-electron chi connectivity index (χ1n) is 7.70. The fourth-order valence-electron chi connectivity index (χ4n) is 2.40. The third-order valence-electron chi connectivity index (χ3n) is 3.83. The molecule has 0 bridgehead atoms. The number of nitrogens with zero attached hydrogens (tertiary/aromatic N) is 1. The normalized spacial score (nSPS) is 28.2. The van der Waals surface area contributed by atoms with Crippen LogP contribution in [0.15, 0.2) is 15.8 Å². The molecule has 0 saturated carbocycles. The summed E-state index contributed by atoms with van der Waals surface area (Å²) in [6.07, 6.45) is -4.24. The molecule has 0 amide bonds. The van der Waals surface area contributed by atoms with Gasteiger partial charge in [-0.3, -0.25) is 18.9 Å². The molecule has 1 aliphatic rings. The lowest BCUT2D eigenvalue weighted by Crippen LogP contribution is -2.39. The van der Waals surface area contributed by atoms with Crippen molar-refractivity contribution in [3.8, 4) is 0 Å². The molecule has 1 unspecified atom stereocenters. The number of aromatic nitrogens is 2. The number of phosphoric ester groups is 1. The lowest BCUT2D eigenvalue weighted by Gasteiger charge is -2.26. The predicted octanol–water partition coefficient (Wildman–Crippen LogP) is -1.08. The van der Waals surface area contributed by atoms with Gasteiger partial charge in [-0.15, -0.1) is 0 Å². The van der Waals surface area contributed by atoms with Gasteiger partial charge in [0.2, 0.25) is 0 Å². The van der Waals surface area contributed by atoms with Gasteiger partial charge in [0.25, 0.3) is 5.56 Å². The molecule has 1 aromatic heterocycles. The first-order chi connectivity index (χ1) is 12.3. The Labute approximate surface area is 158 Å². The van der Waals surface area contributed by atoms with Gasteiger partial charge in [0.15, 0.2) is 12.7 Å². The van der Waals surface area contributed by atoms with Gasteiger partial charge in [-0.05, 0) is 18.7 Å². The van der Waals surface area contributed by atoms with Gasteiger partial charge in [0.1, 0.15) is 18.3 Å². The number of hydrogen-bond acceptors (Lipinski definition) is 8. The molecule has 1 saturated heterocycles. The number of phosphoric acid groups is 1. The zero-order chi connectivity index (χ0) is 20.6. The van der Waals surface area contributed by atoms with Crippen LogP contribution in [0.3, 0.4) is 0 Å². The number of aryl methyl sites for hydroxylation is 1. The van der Waals surface area contributed by atoms with E-state index in [1.54, 1.807) is 6.92 Å². The van der Waals surface area contributed by atoms with Crippen LogP contribution < -0.4 is 11.2 Å². The second-order valence-electron chi connectivity index (χ2n) is 5.84. The Morgan fingerprint density at radius 3 is 2.56 bits per heavy atom. The summed E-state index contributed by atoms with van der Waals surface area (Å²) in [5.41, 5.74) is -1.31. The Bertz CT molecular complexity index is 895. The number of H-pyrrole nitrogens is 1. The van der Waals surface area contributed by atoms with Crippen molar-refractivity contribution in [3.05, 3.63) is 32.6 Å². The number of hydrogen-bond donors (Lipinski definition) is 5. The molecule has 0 aromatic carbocycles. The molecular formula is C12H20N2O10P2S. The molecule has 0 spiro atoms. The largest absolute Gasteiger partial charge is 0.469 e. The minimum absolute atomic E-state index is 0.0709. The molecular weight excluding hydrogens is 426 g/mol. The minimum atomic E-state index is -4.84. The Balaban J connectivity index is 2.40. The Morgan fingerprint density at radius 1 is 1.37 bits per heavy atom. The lowest BCUT2D eigenvalue weighted by molar-refractivity contribution is -0.0515. The first-order valence-corrected chi connectivity index (χ1v) is 12.1. The fourth-order valence-corrected chi connectivity index (χ4v) is 3.80. The van der Waals surface area contributed by atoms with Crippen molar-refractivity contribution in [2.45, 2.75) is 38.4 Å². The van der Waals surface area contributed by atoms with E-state index in [9.17, 15) is 24.2 Å². The highest BCUT2D eigenvalue weighted by Gasteiger charge is 2.48. The maximum absolute atomic E-state index is 12.1. The van der Waals surface area contributed by atoms with Gasteiger partial charge in [0.05, 0.1) is 6.61 Å². The standard InChI is InChI=1S/C12H20N2O10P2S/c1-3-25(18,27)24-9-8(15)7(5-22-26(19,20)21)23-11(9)14-4-6(2)10(16)13-12(14)17/h4,7-9,11,15H,3,5H2,1-2H3,(H,18,27)(H,13,16,17)(H2,19,20,21)/t7-,8-,9-,11-,25?/m1/s1. The van der Waals surface area contributed by atoms with Crippen molar-refractivity contribution in [3.63, 3.8) is 0 Å². The van der Waals surface area contributed by atoms with Gasteiger partial charge in [-0.2, -0.15) is 0 Å². The van der Waals surface area contributed by atoms with Crippen LogP contribution in [0.4, 0.5) is 0 Å². The van der Waals surface area contributed by atoms with Gasteiger partial charge < -0.3 is 29.0 Å². The van der Waals surface area contributed by atoms with E-state index in [0.29, 0.717) is 0 Å². The quantitative estimate of drug-likeness (QED) is 0.321. The summed E-state index contributed by atoms with van der Waals surface area (Å²) in [6.45, 7) is -1.02. The summed E-state index contributed by atoms with van der Waals surface area (Å²) >= 11 is 4.96.